The molecule has 1 saturated heterocycles. The van der Waals surface area contributed by atoms with Crippen LogP contribution in [-0.4, -0.2) is 47.7 Å². The minimum absolute atomic E-state index is 0.314. The molecule has 2 rings (SSSR count). The van der Waals surface area contributed by atoms with Crippen LogP contribution in [0.2, 0.25) is 0 Å². The van der Waals surface area contributed by atoms with E-state index >= 15 is 0 Å². The standard InChI is InChI=1S/C16H30N2O2/c1-3-12(2)18-10-14(6-7-16(19)20)8-15(11-18)17-9-13-4-5-13/h12-15,17H,3-11H2,1-2H3,(H,19,20). The second-order valence-corrected chi connectivity index (χ2v) is 6.79. The largest absolute Gasteiger partial charge is 0.481 e. The SMILES string of the molecule is CCC(C)N1CC(CCC(=O)O)CC(NCC2CC2)C1. The fourth-order valence-corrected chi connectivity index (χ4v) is 3.20. The number of rotatable bonds is 8. The van der Waals surface area contributed by atoms with Gasteiger partial charge < -0.3 is 10.4 Å². The van der Waals surface area contributed by atoms with E-state index in [1.807, 2.05) is 0 Å². The molecule has 3 atom stereocenters. The molecule has 0 aromatic carbocycles. The number of aliphatic carboxylic acids is 1. The van der Waals surface area contributed by atoms with Gasteiger partial charge in [0, 0.05) is 31.6 Å². The highest BCUT2D eigenvalue weighted by atomic mass is 16.4. The van der Waals surface area contributed by atoms with Gasteiger partial charge in [-0.2, -0.15) is 0 Å². The zero-order valence-electron chi connectivity index (χ0n) is 13.0. The van der Waals surface area contributed by atoms with Gasteiger partial charge in [0.1, 0.15) is 0 Å². The lowest BCUT2D eigenvalue weighted by Crippen LogP contribution is -2.52. The zero-order valence-corrected chi connectivity index (χ0v) is 13.0. The van der Waals surface area contributed by atoms with Crippen LogP contribution in [0.5, 0.6) is 0 Å². The maximum absolute atomic E-state index is 10.8. The molecule has 0 bridgehead atoms. The van der Waals surface area contributed by atoms with Crippen LogP contribution in [-0.2, 0) is 4.79 Å². The lowest BCUT2D eigenvalue weighted by molar-refractivity contribution is -0.137. The lowest BCUT2D eigenvalue weighted by atomic mass is 9.89. The second-order valence-electron chi connectivity index (χ2n) is 6.79. The molecule has 1 aliphatic carbocycles. The van der Waals surface area contributed by atoms with E-state index in [2.05, 4.69) is 24.1 Å². The minimum atomic E-state index is -0.659. The highest BCUT2D eigenvalue weighted by Crippen LogP contribution is 2.29. The fourth-order valence-electron chi connectivity index (χ4n) is 3.20. The molecule has 20 heavy (non-hydrogen) atoms. The van der Waals surface area contributed by atoms with Crippen LogP contribution in [0.15, 0.2) is 0 Å². The molecule has 0 spiro atoms. The molecule has 2 fully saturated rings. The number of hydrogen-bond donors (Lipinski definition) is 2. The maximum Gasteiger partial charge on any atom is 0.303 e. The van der Waals surface area contributed by atoms with Crippen molar-refractivity contribution in [1.82, 2.24) is 10.2 Å². The maximum atomic E-state index is 10.8. The highest BCUT2D eigenvalue weighted by molar-refractivity contribution is 5.66. The average molecular weight is 282 g/mol. The van der Waals surface area contributed by atoms with Crippen LogP contribution in [0, 0.1) is 11.8 Å². The summed E-state index contributed by atoms with van der Waals surface area (Å²) in [5, 5.41) is 12.6. The Morgan fingerprint density at radius 2 is 2.10 bits per heavy atom. The van der Waals surface area contributed by atoms with E-state index < -0.39 is 5.97 Å². The summed E-state index contributed by atoms with van der Waals surface area (Å²) in [6.07, 6.45) is 6.22. The van der Waals surface area contributed by atoms with Gasteiger partial charge in [-0.3, -0.25) is 9.69 Å². The summed E-state index contributed by atoms with van der Waals surface area (Å²) in [7, 11) is 0. The molecular formula is C16H30N2O2. The monoisotopic (exact) mass is 282 g/mol. The van der Waals surface area contributed by atoms with E-state index in [0.717, 1.165) is 38.4 Å². The molecule has 1 saturated carbocycles. The summed E-state index contributed by atoms with van der Waals surface area (Å²) in [4.78, 5) is 13.3. The fraction of sp³-hybridized carbons (Fsp3) is 0.938. The van der Waals surface area contributed by atoms with Crippen molar-refractivity contribution >= 4 is 5.97 Å². The molecule has 116 valence electrons. The Morgan fingerprint density at radius 3 is 2.70 bits per heavy atom. The number of nitrogens with one attached hydrogen (secondary N) is 1. The van der Waals surface area contributed by atoms with Gasteiger partial charge in [-0.05, 0) is 57.4 Å². The summed E-state index contributed by atoms with van der Waals surface area (Å²) in [6, 6.07) is 1.16. The topological polar surface area (TPSA) is 52.6 Å². The Labute approximate surface area is 122 Å². The molecular weight excluding hydrogens is 252 g/mol. The molecule has 2 aliphatic rings. The van der Waals surface area contributed by atoms with Gasteiger partial charge in [0.05, 0.1) is 0 Å². The summed E-state index contributed by atoms with van der Waals surface area (Å²) in [6.45, 7) is 7.88. The lowest BCUT2D eigenvalue weighted by Gasteiger charge is -2.41. The predicted octanol–water partition coefficient (Wildman–Crippen LogP) is 2.34. The summed E-state index contributed by atoms with van der Waals surface area (Å²) in [5.41, 5.74) is 0. The van der Waals surface area contributed by atoms with Crippen LogP contribution in [0.3, 0.4) is 0 Å². The van der Waals surface area contributed by atoms with Gasteiger partial charge in [-0.1, -0.05) is 6.92 Å². The first-order valence-electron chi connectivity index (χ1n) is 8.27. The molecule has 0 amide bonds. The van der Waals surface area contributed by atoms with Crippen molar-refractivity contribution in [2.75, 3.05) is 19.6 Å². The van der Waals surface area contributed by atoms with Crippen molar-refractivity contribution in [2.24, 2.45) is 11.8 Å². The third kappa shape index (κ3) is 5.06. The number of piperidine rings is 1. The molecule has 0 radical (unpaired) electrons. The first-order valence-corrected chi connectivity index (χ1v) is 8.27. The number of hydrogen-bond acceptors (Lipinski definition) is 3. The highest BCUT2D eigenvalue weighted by Gasteiger charge is 2.30. The van der Waals surface area contributed by atoms with Crippen molar-refractivity contribution in [3.63, 3.8) is 0 Å². The molecule has 2 N–H and O–H groups in total. The zero-order chi connectivity index (χ0) is 14.5. The van der Waals surface area contributed by atoms with Crippen LogP contribution < -0.4 is 5.32 Å². The van der Waals surface area contributed by atoms with Gasteiger partial charge in [0.25, 0.3) is 0 Å². The summed E-state index contributed by atoms with van der Waals surface area (Å²) >= 11 is 0. The summed E-state index contributed by atoms with van der Waals surface area (Å²) < 4.78 is 0. The molecule has 4 nitrogen and oxygen atoms in total. The van der Waals surface area contributed by atoms with Gasteiger partial charge in [0.15, 0.2) is 0 Å². The Balaban J connectivity index is 1.84. The Morgan fingerprint density at radius 1 is 1.35 bits per heavy atom. The van der Waals surface area contributed by atoms with Crippen molar-refractivity contribution in [2.45, 2.75) is 64.5 Å². The van der Waals surface area contributed by atoms with Gasteiger partial charge in [-0.25, -0.2) is 0 Å². The van der Waals surface area contributed by atoms with E-state index in [1.165, 1.54) is 19.3 Å². The van der Waals surface area contributed by atoms with Gasteiger partial charge in [0.2, 0.25) is 0 Å². The van der Waals surface area contributed by atoms with Crippen molar-refractivity contribution in [3.05, 3.63) is 0 Å². The Kier molecular flexibility index (Phi) is 5.85. The molecule has 0 aromatic heterocycles. The Bertz CT molecular complexity index is 318. The molecule has 4 heteroatoms. The number of nitrogens with zero attached hydrogens (tertiary/aromatic N) is 1. The van der Waals surface area contributed by atoms with E-state index in [-0.39, 0.29) is 0 Å². The molecule has 0 aromatic rings. The normalized spacial score (nSPS) is 29.3. The van der Waals surface area contributed by atoms with E-state index in [4.69, 9.17) is 5.11 Å². The number of carboxylic acid groups (broad SMARTS) is 1. The van der Waals surface area contributed by atoms with Crippen molar-refractivity contribution in [3.8, 4) is 0 Å². The third-order valence-electron chi connectivity index (χ3n) is 4.94. The smallest absolute Gasteiger partial charge is 0.303 e. The molecule has 1 aliphatic heterocycles. The quantitative estimate of drug-likeness (QED) is 0.717. The summed E-state index contributed by atoms with van der Waals surface area (Å²) in [5.74, 6) is 0.783. The van der Waals surface area contributed by atoms with Crippen molar-refractivity contribution < 1.29 is 9.90 Å². The number of likely N-dealkylation sites (tertiary alicyclic amines) is 1. The van der Waals surface area contributed by atoms with Crippen LogP contribution in [0.4, 0.5) is 0 Å². The van der Waals surface area contributed by atoms with Gasteiger partial charge >= 0.3 is 5.97 Å². The third-order valence-corrected chi connectivity index (χ3v) is 4.94. The first kappa shape index (κ1) is 15.8. The van der Waals surface area contributed by atoms with E-state index in [0.29, 0.717) is 24.4 Å². The van der Waals surface area contributed by atoms with Crippen LogP contribution in [0.1, 0.15) is 52.4 Å². The molecule has 3 unspecified atom stereocenters. The first-order chi connectivity index (χ1) is 9.58. The van der Waals surface area contributed by atoms with Crippen LogP contribution in [0.25, 0.3) is 0 Å². The van der Waals surface area contributed by atoms with Crippen LogP contribution >= 0.6 is 0 Å². The van der Waals surface area contributed by atoms with Crippen molar-refractivity contribution in [1.29, 1.82) is 0 Å². The van der Waals surface area contributed by atoms with Gasteiger partial charge in [-0.15, -0.1) is 0 Å². The van der Waals surface area contributed by atoms with E-state index in [9.17, 15) is 4.79 Å². The predicted molar refractivity (Wildman–Crippen MR) is 80.8 cm³/mol. The number of carbonyl (C=O) groups is 1. The minimum Gasteiger partial charge on any atom is -0.481 e. The second kappa shape index (κ2) is 7.41. The Hall–Kier alpha value is -0.610. The number of carboxylic acids is 1. The van der Waals surface area contributed by atoms with E-state index in [1.54, 1.807) is 0 Å². The molecule has 1 heterocycles. The average Bonchev–Trinajstić information content (AvgIpc) is 3.26.